The van der Waals surface area contributed by atoms with Gasteiger partial charge < -0.3 is 5.32 Å². The Morgan fingerprint density at radius 2 is 1.85 bits per heavy atom. The third-order valence-corrected chi connectivity index (χ3v) is 6.10. The molecule has 1 saturated carbocycles. The standard InChI is InChI=1S/C20H24N2O3S/c1-3-21-26(24,25)18-6-4-5-17(13-18)20(23)22-19(16-11-12-16)15-9-7-14(2)8-10-15/h4-10,13,16,19,21H,3,11-12H2,1-2H3,(H,22,23). The lowest BCUT2D eigenvalue weighted by atomic mass is 10.0. The maximum atomic E-state index is 12.7. The van der Waals surface area contributed by atoms with Gasteiger partial charge in [-0.05, 0) is 49.4 Å². The van der Waals surface area contributed by atoms with E-state index in [1.807, 2.05) is 31.2 Å². The van der Waals surface area contributed by atoms with Crippen molar-refractivity contribution in [1.82, 2.24) is 10.0 Å². The molecule has 1 amide bonds. The quantitative estimate of drug-likeness (QED) is 0.784. The van der Waals surface area contributed by atoms with Gasteiger partial charge in [-0.3, -0.25) is 4.79 Å². The third-order valence-electron chi connectivity index (χ3n) is 4.56. The Bertz CT molecular complexity index is 888. The number of hydrogen-bond donors (Lipinski definition) is 2. The smallest absolute Gasteiger partial charge is 0.251 e. The highest BCUT2D eigenvalue weighted by molar-refractivity contribution is 7.89. The minimum atomic E-state index is -3.59. The van der Waals surface area contributed by atoms with Gasteiger partial charge >= 0.3 is 0 Å². The van der Waals surface area contributed by atoms with Crippen LogP contribution in [-0.2, 0) is 10.0 Å². The fourth-order valence-electron chi connectivity index (χ4n) is 2.98. The van der Waals surface area contributed by atoms with Crippen molar-refractivity contribution in [1.29, 1.82) is 0 Å². The van der Waals surface area contributed by atoms with Crippen molar-refractivity contribution in [3.8, 4) is 0 Å². The zero-order valence-corrected chi connectivity index (χ0v) is 15.8. The predicted octanol–water partition coefficient (Wildman–Crippen LogP) is 3.17. The van der Waals surface area contributed by atoms with E-state index in [4.69, 9.17) is 0 Å². The van der Waals surface area contributed by atoms with E-state index in [1.54, 1.807) is 19.1 Å². The lowest BCUT2D eigenvalue weighted by Gasteiger charge is -2.19. The average Bonchev–Trinajstić information content (AvgIpc) is 3.45. The number of sulfonamides is 1. The molecule has 1 atom stereocenters. The van der Waals surface area contributed by atoms with Gasteiger partial charge in [-0.1, -0.05) is 42.8 Å². The van der Waals surface area contributed by atoms with E-state index >= 15 is 0 Å². The first kappa shape index (κ1) is 18.6. The number of benzene rings is 2. The Hall–Kier alpha value is -2.18. The molecule has 2 aromatic carbocycles. The van der Waals surface area contributed by atoms with Crippen LogP contribution in [0.15, 0.2) is 53.4 Å². The Morgan fingerprint density at radius 1 is 1.15 bits per heavy atom. The van der Waals surface area contributed by atoms with Gasteiger partial charge in [0.25, 0.3) is 5.91 Å². The molecule has 5 nitrogen and oxygen atoms in total. The molecule has 0 saturated heterocycles. The Balaban J connectivity index is 1.81. The minimum absolute atomic E-state index is 0.0443. The van der Waals surface area contributed by atoms with Crippen molar-refractivity contribution in [3.05, 3.63) is 65.2 Å². The van der Waals surface area contributed by atoms with Gasteiger partial charge in [0.2, 0.25) is 10.0 Å². The number of rotatable bonds is 7. The monoisotopic (exact) mass is 372 g/mol. The predicted molar refractivity (Wildman–Crippen MR) is 101 cm³/mol. The Kier molecular flexibility index (Phi) is 5.44. The molecule has 2 N–H and O–H groups in total. The van der Waals surface area contributed by atoms with Crippen LogP contribution in [0.3, 0.4) is 0 Å². The van der Waals surface area contributed by atoms with Gasteiger partial charge in [0.05, 0.1) is 10.9 Å². The van der Waals surface area contributed by atoms with E-state index in [0.717, 1.165) is 18.4 Å². The van der Waals surface area contributed by atoms with E-state index in [9.17, 15) is 13.2 Å². The lowest BCUT2D eigenvalue weighted by molar-refractivity contribution is 0.0931. The molecule has 0 bridgehead atoms. The molecule has 0 aromatic heterocycles. The van der Waals surface area contributed by atoms with Crippen LogP contribution in [0, 0.1) is 12.8 Å². The molecule has 0 radical (unpaired) electrons. The Morgan fingerprint density at radius 3 is 2.46 bits per heavy atom. The maximum Gasteiger partial charge on any atom is 0.251 e. The van der Waals surface area contributed by atoms with Crippen LogP contribution >= 0.6 is 0 Å². The first-order chi connectivity index (χ1) is 12.4. The molecule has 1 aliphatic rings. The number of hydrogen-bond acceptors (Lipinski definition) is 3. The van der Waals surface area contributed by atoms with Crippen molar-refractivity contribution >= 4 is 15.9 Å². The van der Waals surface area contributed by atoms with Crippen molar-refractivity contribution in [2.24, 2.45) is 5.92 Å². The lowest BCUT2D eigenvalue weighted by Crippen LogP contribution is -2.30. The molecule has 0 aliphatic heterocycles. The summed E-state index contributed by atoms with van der Waals surface area (Å²) in [5.41, 5.74) is 2.61. The van der Waals surface area contributed by atoms with Gasteiger partial charge in [-0.15, -0.1) is 0 Å². The van der Waals surface area contributed by atoms with Crippen LogP contribution in [-0.4, -0.2) is 20.9 Å². The molecule has 0 spiro atoms. The van der Waals surface area contributed by atoms with Crippen LogP contribution in [0.25, 0.3) is 0 Å². The topological polar surface area (TPSA) is 75.3 Å². The average molecular weight is 372 g/mol. The third kappa shape index (κ3) is 4.31. The summed E-state index contributed by atoms with van der Waals surface area (Å²) in [5, 5.41) is 3.09. The zero-order valence-electron chi connectivity index (χ0n) is 15.0. The zero-order chi connectivity index (χ0) is 18.7. The van der Waals surface area contributed by atoms with Crippen LogP contribution in [0.5, 0.6) is 0 Å². The van der Waals surface area contributed by atoms with Crippen molar-refractivity contribution in [2.45, 2.75) is 37.6 Å². The fraction of sp³-hybridized carbons (Fsp3) is 0.350. The largest absolute Gasteiger partial charge is 0.345 e. The minimum Gasteiger partial charge on any atom is -0.345 e. The molecule has 1 unspecified atom stereocenters. The van der Waals surface area contributed by atoms with E-state index in [1.165, 1.54) is 17.7 Å². The molecular formula is C20H24N2O3S. The van der Waals surface area contributed by atoms with Gasteiger partial charge in [0, 0.05) is 12.1 Å². The summed E-state index contributed by atoms with van der Waals surface area (Å²) < 4.78 is 26.8. The molecular weight excluding hydrogens is 348 g/mol. The van der Waals surface area contributed by atoms with Gasteiger partial charge in [-0.25, -0.2) is 13.1 Å². The maximum absolute atomic E-state index is 12.7. The summed E-state index contributed by atoms with van der Waals surface area (Å²) in [4.78, 5) is 12.8. The number of amides is 1. The number of aryl methyl sites for hydroxylation is 1. The van der Waals surface area contributed by atoms with E-state index in [-0.39, 0.29) is 16.8 Å². The SMILES string of the molecule is CCNS(=O)(=O)c1cccc(C(=O)NC(c2ccc(C)cc2)C2CC2)c1. The summed E-state index contributed by atoms with van der Waals surface area (Å²) >= 11 is 0. The molecule has 2 aromatic rings. The number of carbonyl (C=O) groups excluding carboxylic acids is 1. The van der Waals surface area contributed by atoms with Gasteiger partial charge in [-0.2, -0.15) is 0 Å². The van der Waals surface area contributed by atoms with Crippen molar-refractivity contribution in [2.75, 3.05) is 6.54 Å². The molecule has 6 heteroatoms. The van der Waals surface area contributed by atoms with E-state index in [0.29, 0.717) is 18.0 Å². The Labute approximate surface area is 154 Å². The summed E-state index contributed by atoms with van der Waals surface area (Å²) in [7, 11) is -3.59. The van der Waals surface area contributed by atoms with Gasteiger partial charge in [0.1, 0.15) is 0 Å². The van der Waals surface area contributed by atoms with Crippen molar-refractivity contribution in [3.63, 3.8) is 0 Å². The first-order valence-electron chi connectivity index (χ1n) is 8.88. The van der Waals surface area contributed by atoms with Crippen LogP contribution < -0.4 is 10.0 Å². The second kappa shape index (κ2) is 7.60. The highest BCUT2D eigenvalue weighted by Gasteiger charge is 2.33. The van der Waals surface area contributed by atoms with Crippen molar-refractivity contribution < 1.29 is 13.2 Å². The number of nitrogens with one attached hydrogen (secondary N) is 2. The molecule has 0 heterocycles. The summed E-state index contributed by atoms with van der Waals surface area (Å²) in [5.74, 6) is 0.186. The highest BCUT2D eigenvalue weighted by atomic mass is 32.2. The second-order valence-corrected chi connectivity index (χ2v) is 8.50. The normalized spacial score (nSPS) is 15.5. The fourth-order valence-corrected chi connectivity index (χ4v) is 4.07. The highest BCUT2D eigenvalue weighted by Crippen LogP contribution is 2.41. The van der Waals surface area contributed by atoms with Crippen LogP contribution in [0.1, 0.15) is 47.3 Å². The van der Waals surface area contributed by atoms with Gasteiger partial charge in [0.15, 0.2) is 0 Å². The number of carbonyl (C=O) groups is 1. The molecule has 138 valence electrons. The summed E-state index contributed by atoms with van der Waals surface area (Å²) in [6, 6.07) is 14.3. The summed E-state index contributed by atoms with van der Waals surface area (Å²) in [6.07, 6.45) is 2.18. The van der Waals surface area contributed by atoms with Crippen LogP contribution in [0.2, 0.25) is 0 Å². The molecule has 1 aliphatic carbocycles. The van der Waals surface area contributed by atoms with E-state index in [2.05, 4.69) is 10.0 Å². The second-order valence-electron chi connectivity index (χ2n) is 6.73. The van der Waals surface area contributed by atoms with Crippen LogP contribution in [0.4, 0.5) is 0 Å². The molecule has 26 heavy (non-hydrogen) atoms. The summed E-state index contributed by atoms with van der Waals surface area (Å²) in [6.45, 7) is 4.05. The molecule has 3 rings (SSSR count). The first-order valence-corrected chi connectivity index (χ1v) is 10.4. The molecule has 1 fully saturated rings. The van der Waals surface area contributed by atoms with E-state index < -0.39 is 10.0 Å².